The zero-order valence-corrected chi connectivity index (χ0v) is 11.6. The summed E-state index contributed by atoms with van der Waals surface area (Å²) in [5.41, 5.74) is 6.12. The van der Waals surface area contributed by atoms with Gasteiger partial charge in [0.25, 0.3) is 0 Å². The zero-order chi connectivity index (χ0) is 14.7. The molecule has 1 aliphatic carbocycles. The van der Waals surface area contributed by atoms with Crippen molar-refractivity contribution in [2.24, 2.45) is 0 Å². The van der Waals surface area contributed by atoms with Crippen molar-refractivity contribution in [2.45, 2.75) is 38.0 Å². The van der Waals surface area contributed by atoms with Gasteiger partial charge < -0.3 is 15.6 Å². The standard InChI is InChI=1S/C14H17N5O2/c15-11-7-6-10(8-16-11)17-12(20)2-1-3-13-18-14(19-21-13)9-4-5-9/h6-9H,1-5H2,(H2,15,16)(H,17,20). The van der Waals surface area contributed by atoms with Crippen LogP contribution < -0.4 is 11.1 Å². The number of nitrogen functional groups attached to an aromatic ring is 1. The van der Waals surface area contributed by atoms with Gasteiger partial charge in [0.15, 0.2) is 5.82 Å². The number of carbonyl (C=O) groups excluding carboxylic acids is 1. The van der Waals surface area contributed by atoms with Gasteiger partial charge in [0.2, 0.25) is 11.8 Å². The number of pyridine rings is 1. The van der Waals surface area contributed by atoms with Crippen molar-refractivity contribution in [2.75, 3.05) is 11.1 Å². The maximum absolute atomic E-state index is 11.8. The van der Waals surface area contributed by atoms with Crippen molar-refractivity contribution in [3.05, 3.63) is 30.0 Å². The highest BCUT2D eigenvalue weighted by atomic mass is 16.5. The summed E-state index contributed by atoms with van der Waals surface area (Å²) in [6, 6.07) is 3.37. The van der Waals surface area contributed by atoms with E-state index in [4.69, 9.17) is 10.3 Å². The molecule has 0 aromatic carbocycles. The van der Waals surface area contributed by atoms with Crippen LogP contribution in [0.4, 0.5) is 11.5 Å². The first-order valence-corrected chi connectivity index (χ1v) is 7.04. The second-order valence-electron chi connectivity index (χ2n) is 5.19. The molecular weight excluding hydrogens is 270 g/mol. The van der Waals surface area contributed by atoms with Gasteiger partial charge in [-0.15, -0.1) is 0 Å². The second-order valence-corrected chi connectivity index (χ2v) is 5.19. The Morgan fingerprint density at radius 1 is 1.43 bits per heavy atom. The molecule has 0 bridgehead atoms. The Labute approximate surface area is 121 Å². The molecule has 2 heterocycles. The highest BCUT2D eigenvalue weighted by molar-refractivity contribution is 5.90. The van der Waals surface area contributed by atoms with Crippen LogP contribution in [-0.2, 0) is 11.2 Å². The molecule has 0 atom stereocenters. The number of rotatable bonds is 6. The summed E-state index contributed by atoms with van der Waals surface area (Å²) in [7, 11) is 0. The van der Waals surface area contributed by atoms with E-state index in [1.54, 1.807) is 12.1 Å². The predicted octanol–water partition coefficient (Wildman–Crippen LogP) is 1.89. The summed E-state index contributed by atoms with van der Waals surface area (Å²) in [5, 5.41) is 6.71. The molecule has 1 fully saturated rings. The van der Waals surface area contributed by atoms with Crippen molar-refractivity contribution in [3.8, 4) is 0 Å². The quantitative estimate of drug-likeness (QED) is 0.840. The number of hydrogen-bond acceptors (Lipinski definition) is 6. The maximum atomic E-state index is 11.8. The molecule has 0 spiro atoms. The molecule has 0 saturated heterocycles. The van der Waals surface area contributed by atoms with Crippen LogP contribution in [0.5, 0.6) is 0 Å². The summed E-state index contributed by atoms with van der Waals surface area (Å²) >= 11 is 0. The first-order chi connectivity index (χ1) is 10.2. The predicted molar refractivity (Wildman–Crippen MR) is 76.5 cm³/mol. The molecule has 3 rings (SSSR count). The molecular formula is C14H17N5O2. The number of nitrogens with one attached hydrogen (secondary N) is 1. The number of carbonyl (C=O) groups is 1. The topological polar surface area (TPSA) is 107 Å². The lowest BCUT2D eigenvalue weighted by Gasteiger charge is -2.04. The number of nitrogens with two attached hydrogens (primary N) is 1. The molecule has 7 heteroatoms. The average molecular weight is 287 g/mol. The molecule has 1 amide bonds. The van der Waals surface area contributed by atoms with Gasteiger partial charge in [-0.2, -0.15) is 4.98 Å². The highest BCUT2D eigenvalue weighted by Crippen LogP contribution is 2.38. The van der Waals surface area contributed by atoms with E-state index in [1.807, 2.05) is 0 Å². The largest absolute Gasteiger partial charge is 0.384 e. The maximum Gasteiger partial charge on any atom is 0.226 e. The van der Waals surface area contributed by atoms with E-state index < -0.39 is 0 Å². The third kappa shape index (κ3) is 3.77. The Morgan fingerprint density at radius 3 is 3.00 bits per heavy atom. The van der Waals surface area contributed by atoms with Crippen molar-refractivity contribution < 1.29 is 9.32 Å². The normalized spacial score (nSPS) is 14.1. The van der Waals surface area contributed by atoms with Gasteiger partial charge in [0, 0.05) is 18.8 Å². The number of hydrogen-bond donors (Lipinski definition) is 2. The Bertz CT molecular complexity index is 619. The van der Waals surface area contributed by atoms with E-state index >= 15 is 0 Å². The fourth-order valence-corrected chi connectivity index (χ4v) is 1.98. The van der Waals surface area contributed by atoms with E-state index in [-0.39, 0.29) is 5.91 Å². The zero-order valence-electron chi connectivity index (χ0n) is 11.6. The first kappa shape index (κ1) is 13.5. The molecule has 3 N–H and O–H groups in total. The minimum Gasteiger partial charge on any atom is -0.384 e. The van der Waals surface area contributed by atoms with Crippen LogP contribution in [0.15, 0.2) is 22.9 Å². The Morgan fingerprint density at radius 2 is 2.29 bits per heavy atom. The summed E-state index contributed by atoms with van der Waals surface area (Å²) in [4.78, 5) is 20.0. The van der Waals surface area contributed by atoms with E-state index in [0.717, 1.165) is 18.7 Å². The summed E-state index contributed by atoms with van der Waals surface area (Å²) in [6.07, 6.45) is 5.51. The number of aromatic nitrogens is 3. The van der Waals surface area contributed by atoms with E-state index in [0.29, 0.717) is 42.6 Å². The SMILES string of the molecule is Nc1ccc(NC(=O)CCCc2nc(C3CC3)no2)cn1. The Balaban J connectivity index is 1.41. The summed E-state index contributed by atoms with van der Waals surface area (Å²) < 4.78 is 5.16. The van der Waals surface area contributed by atoms with E-state index in [2.05, 4.69) is 20.4 Å². The smallest absolute Gasteiger partial charge is 0.226 e. The fraction of sp³-hybridized carbons (Fsp3) is 0.429. The Hall–Kier alpha value is -2.44. The molecule has 0 unspecified atom stereocenters. The molecule has 110 valence electrons. The third-order valence-corrected chi connectivity index (χ3v) is 3.29. The van der Waals surface area contributed by atoms with Crippen LogP contribution in [0, 0.1) is 0 Å². The van der Waals surface area contributed by atoms with Crippen LogP contribution in [0.25, 0.3) is 0 Å². The lowest BCUT2D eigenvalue weighted by Crippen LogP contribution is -2.11. The molecule has 21 heavy (non-hydrogen) atoms. The van der Waals surface area contributed by atoms with Crippen molar-refractivity contribution >= 4 is 17.4 Å². The average Bonchev–Trinajstić information content (AvgIpc) is 3.22. The number of amides is 1. The lowest BCUT2D eigenvalue weighted by atomic mass is 10.2. The van der Waals surface area contributed by atoms with Crippen LogP contribution >= 0.6 is 0 Å². The fourth-order valence-electron chi connectivity index (χ4n) is 1.98. The van der Waals surface area contributed by atoms with Crippen molar-refractivity contribution in [3.63, 3.8) is 0 Å². The van der Waals surface area contributed by atoms with Gasteiger partial charge in [-0.1, -0.05) is 5.16 Å². The minimum atomic E-state index is -0.0662. The first-order valence-electron chi connectivity index (χ1n) is 7.04. The van der Waals surface area contributed by atoms with Crippen LogP contribution in [0.2, 0.25) is 0 Å². The third-order valence-electron chi connectivity index (χ3n) is 3.29. The van der Waals surface area contributed by atoms with Crippen molar-refractivity contribution in [1.82, 2.24) is 15.1 Å². The molecule has 2 aromatic rings. The summed E-state index contributed by atoms with van der Waals surface area (Å²) in [5.74, 6) is 2.27. The number of anilines is 2. The monoisotopic (exact) mass is 287 g/mol. The molecule has 7 nitrogen and oxygen atoms in total. The molecule has 1 aliphatic rings. The van der Waals surface area contributed by atoms with Crippen LogP contribution in [-0.4, -0.2) is 21.0 Å². The molecule has 0 aliphatic heterocycles. The van der Waals surface area contributed by atoms with Crippen LogP contribution in [0.3, 0.4) is 0 Å². The number of nitrogens with zero attached hydrogens (tertiary/aromatic N) is 3. The van der Waals surface area contributed by atoms with E-state index in [9.17, 15) is 4.79 Å². The van der Waals surface area contributed by atoms with Gasteiger partial charge in [0.05, 0.1) is 11.9 Å². The van der Waals surface area contributed by atoms with Crippen LogP contribution in [0.1, 0.15) is 43.3 Å². The van der Waals surface area contributed by atoms with Crippen molar-refractivity contribution in [1.29, 1.82) is 0 Å². The van der Waals surface area contributed by atoms with Gasteiger partial charge in [0.1, 0.15) is 5.82 Å². The molecule has 2 aromatic heterocycles. The summed E-state index contributed by atoms with van der Waals surface area (Å²) in [6.45, 7) is 0. The molecule has 0 radical (unpaired) electrons. The van der Waals surface area contributed by atoms with Gasteiger partial charge in [-0.3, -0.25) is 4.79 Å². The Kier molecular flexibility index (Phi) is 3.81. The van der Waals surface area contributed by atoms with Gasteiger partial charge in [-0.05, 0) is 31.4 Å². The lowest BCUT2D eigenvalue weighted by molar-refractivity contribution is -0.116. The molecule has 1 saturated carbocycles. The van der Waals surface area contributed by atoms with Gasteiger partial charge >= 0.3 is 0 Å². The highest BCUT2D eigenvalue weighted by Gasteiger charge is 2.28. The van der Waals surface area contributed by atoms with Gasteiger partial charge in [-0.25, -0.2) is 4.98 Å². The number of aryl methyl sites for hydroxylation is 1. The minimum absolute atomic E-state index is 0.0662. The second kappa shape index (κ2) is 5.90. The van der Waals surface area contributed by atoms with E-state index in [1.165, 1.54) is 6.20 Å².